The Hall–Kier alpha value is -1.22. The number of esters is 1. The summed E-state index contributed by atoms with van der Waals surface area (Å²) in [5.74, 6) is 0.232. The summed E-state index contributed by atoms with van der Waals surface area (Å²) < 4.78 is 4.75. The average molecular weight is 270 g/mol. The van der Waals surface area contributed by atoms with Crippen molar-refractivity contribution in [3.05, 3.63) is 28.8 Å². The molecule has 0 aliphatic heterocycles. The lowest BCUT2D eigenvalue weighted by atomic mass is 10.0. The summed E-state index contributed by atoms with van der Waals surface area (Å²) in [5, 5.41) is 3.83. The Kier molecular flexibility index (Phi) is 5.99. The Morgan fingerprint density at radius 3 is 2.61 bits per heavy atom. The van der Waals surface area contributed by atoms with Gasteiger partial charge in [0.2, 0.25) is 0 Å². The molecule has 0 unspecified atom stereocenters. The maximum atomic E-state index is 11.6. The molecule has 0 amide bonds. The van der Waals surface area contributed by atoms with Crippen LogP contribution in [0.25, 0.3) is 0 Å². The number of benzene rings is 1. The fraction of sp³-hybridized carbons (Fsp3) is 0.500. The van der Waals surface area contributed by atoms with Crippen LogP contribution >= 0.6 is 11.6 Å². The van der Waals surface area contributed by atoms with E-state index in [9.17, 15) is 4.79 Å². The quantitative estimate of drug-likeness (QED) is 0.794. The van der Waals surface area contributed by atoms with Crippen LogP contribution in [0.1, 0.15) is 37.0 Å². The molecule has 0 heterocycles. The maximum Gasteiger partial charge on any atom is 0.340 e. The fourth-order valence-electron chi connectivity index (χ4n) is 1.78. The average Bonchev–Trinajstić information content (AvgIpc) is 2.40. The summed E-state index contributed by atoms with van der Waals surface area (Å²) in [6.45, 7) is 5.18. The molecular formula is C14H20ClNO2. The molecule has 0 spiro atoms. The van der Waals surface area contributed by atoms with Gasteiger partial charge in [-0.2, -0.15) is 0 Å². The van der Waals surface area contributed by atoms with Crippen molar-refractivity contribution in [1.29, 1.82) is 0 Å². The van der Waals surface area contributed by atoms with Gasteiger partial charge in [-0.3, -0.25) is 0 Å². The van der Waals surface area contributed by atoms with Crippen molar-refractivity contribution in [1.82, 2.24) is 0 Å². The van der Waals surface area contributed by atoms with Gasteiger partial charge in [0.05, 0.1) is 12.7 Å². The molecule has 1 aromatic rings. The van der Waals surface area contributed by atoms with E-state index in [-0.39, 0.29) is 5.97 Å². The van der Waals surface area contributed by atoms with Gasteiger partial charge in [0.25, 0.3) is 0 Å². The van der Waals surface area contributed by atoms with Crippen molar-refractivity contribution in [3.63, 3.8) is 0 Å². The SMILES string of the molecule is CCC(CC)CNc1ccc(Cl)cc1C(=O)OC. The molecule has 1 aromatic carbocycles. The third-order valence-electron chi connectivity index (χ3n) is 3.12. The summed E-state index contributed by atoms with van der Waals surface area (Å²) in [7, 11) is 1.37. The molecule has 0 aliphatic rings. The minimum Gasteiger partial charge on any atom is -0.465 e. The van der Waals surface area contributed by atoms with Gasteiger partial charge in [0.1, 0.15) is 0 Å². The molecule has 0 aliphatic carbocycles. The van der Waals surface area contributed by atoms with Gasteiger partial charge in [0, 0.05) is 17.3 Å². The number of carbonyl (C=O) groups is 1. The molecule has 0 radical (unpaired) electrons. The van der Waals surface area contributed by atoms with Gasteiger partial charge in [-0.25, -0.2) is 4.79 Å². The summed E-state index contributed by atoms with van der Waals surface area (Å²) in [5.41, 5.74) is 1.26. The monoisotopic (exact) mass is 269 g/mol. The Labute approximate surface area is 113 Å². The van der Waals surface area contributed by atoms with E-state index >= 15 is 0 Å². The molecule has 1 N–H and O–H groups in total. The number of halogens is 1. The van der Waals surface area contributed by atoms with E-state index in [1.54, 1.807) is 12.1 Å². The Morgan fingerprint density at radius 2 is 2.06 bits per heavy atom. The molecule has 3 nitrogen and oxygen atoms in total. The van der Waals surface area contributed by atoms with Crippen molar-refractivity contribution in [2.24, 2.45) is 5.92 Å². The molecule has 0 saturated heterocycles. The number of rotatable bonds is 6. The molecule has 100 valence electrons. The van der Waals surface area contributed by atoms with E-state index in [1.807, 2.05) is 6.07 Å². The minimum atomic E-state index is -0.371. The van der Waals surface area contributed by atoms with Gasteiger partial charge in [-0.05, 0) is 24.1 Å². The topological polar surface area (TPSA) is 38.3 Å². The normalized spacial score (nSPS) is 10.5. The van der Waals surface area contributed by atoms with E-state index in [4.69, 9.17) is 16.3 Å². The first-order valence-electron chi connectivity index (χ1n) is 6.24. The van der Waals surface area contributed by atoms with Gasteiger partial charge < -0.3 is 10.1 Å². The summed E-state index contributed by atoms with van der Waals surface area (Å²) in [6, 6.07) is 5.21. The van der Waals surface area contributed by atoms with Gasteiger partial charge >= 0.3 is 5.97 Å². The van der Waals surface area contributed by atoms with Crippen molar-refractivity contribution < 1.29 is 9.53 Å². The number of ether oxygens (including phenoxy) is 1. The van der Waals surface area contributed by atoms with Crippen LogP contribution in [0.4, 0.5) is 5.69 Å². The Morgan fingerprint density at radius 1 is 1.39 bits per heavy atom. The summed E-state index contributed by atoms with van der Waals surface area (Å²) >= 11 is 5.90. The molecule has 0 bridgehead atoms. The molecule has 4 heteroatoms. The van der Waals surface area contributed by atoms with Crippen LogP contribution in [-0.4, -0.2) is 19.6 Å². The smallest absolute Gasteiger partial charge is 0.340 e. The lowest BCUT2D eigenvalue weighted by Gasteiger charge is -2.16. The molecule has 18 heavy (non-hydrogen) atoms. The maximum absolute atomic E-state index is 11.6. The standard InChI is InChI=1S/C14H20ClNO2/c1-4-10(5-2)9-16-13-7-6-11(15)8-12(13)14(17)18-3/h6-8,10,16H,4-5,9H2,1-3H3. The predicted molar refractivity (Wildman–Crippen MR) is 75.4 cm³/mol. The van der Waals surface area contributed by atoms with Gasteiger partial charge in [-0.1, -0.05) is 38.3 Å². The van der Waals surface area contributed by atoms with Gasteiger partial charge in [-0.15, -0.1) is 0 Å². The summed E-state index contributed by atoms with van der Waals surface area (Å²) in [6.07, 6.45) is 2.23. The van der Waals surface area contributed by atoms with Crippen LogP contribution in [-0.2, 0) is 4.74 Å². The second-order valence-electron chi connectivity index (χ2n) is 4.24. The first-order chi connectivity index (χ1) is 8.62. The zero-order valence-corrected chi connectivity index (χ0v) is 11.9. The largest absolute Gasteiger partial charge is 0.465 e. The second kappa shape index (κ2) is 7.27. The number of nitrogens with one attached hydrogen (secondary N) is 1. The fourth-order valence-corrected chi connectivity index (χ4v) is 1.95. The van der Waals surface area contributed by atoms with E-state index < -0.39 is 0 Å². The first kappa shape index (κ1) is 14.8. The molecule has 0 atom stereocenters. The number of hydrogen-bond acceptors (Lipinski definition) is 3. The van der Waals surface area contributed by atoms with Crippen LogP contribution in [0.2, 0.25) is 5.02 Å². The van der Waals surface area contributed by atoms with Crippen LogP contribution in [0, 0.1) is 5.92 Å². The Bertz CT molecular complexity index is 403. The predicted octanol–water partition coefficient (Wildman–Crippen LogP) is 3.97. The van der Waals surface area contributed by atoms with Crippen LogP contribution in [0.3, 0.4) is 0 Å². The summed E-state index contributed by atoms with van der Waals surface area (Å²) in [4.78, 5) is 11.6. The number of hydrogen-bond donors (Lipinski definition) is 1. The van der Waals surface area contributed by atoms with Gasteiger partial charge in [0.15, 0.2) is 0 Å². The first-order valence-corrected chi connectivity index (χ1v) is 6.61. The zero-order valence-electron chi connectivity index (χ0n) is 11.1. The lowest BCUT2D eigenvalue weighted by molar-refractivity contribution is 0.0602. The van der Waals surface area contributed by atoms with Crippen molar-refractivity contribution in [3.8, 4) is 0 Å². The highest BCUT2D eigenvalue weighted by atomic mass is 35.5. The molecule has 1 rings (SSSR count). The van der Waals surface area contributed by atoms with E-state index in [0.717, 1.165) is 25.1 Å². The number of carbonyl (C=O) groups excluding carboxylic acids is 1. The number of anilines is 1. The zero-order chi connectivity index (χ0) is 13.5. The highest BCUT2D eigenvalue weighted by molar-refractivity contribution is 6.31. The third-order valence-corrected chi connectivity index (χ3v) is 3.36. The second-order valence-corrected chi connectivity index (χ2v) is 4.68. The molecule has 0 saturated carbocycles. The molecule has 0 fully saturated rings. The number of methoxy groups -OCH3 is 1. The lowest BCUT2D eigenvalue weighted by Crippen LogP contribution is -2.15. The highest BCUT2D eigenvalue weighted by Gasteiger charge is 2.13. The van der Waals surface area contributed by atoms with Crippen molar-refractivity contribution in [2.45, 2.75) is 26.7 Å². The minimum absolute atomic E-state index is 0.371. The van der Waals surface area contributed by atoms with Crippen molar-refractivity contribution >= 4 is 23.3 Å². The molecule has 0 aromatic heterocycles. The van der Waals surface area contributed by atoms with E-state index in [1.165, 1.54) is 7.11 Å². The van der Waals surface area contributed by atoms with E-state index in [2.05, 4.69) is 19.2 Å². The Balaban J connectivity index is 2.84. The third kappa shape index (κ3) is 3.91. The van der Waals surface area contributed by atoms with Crippen LogP contribution in [0.5, 0.6) is 0 Å². The van der Waals surface area contributed by atoms with E-state index in [0.29, 0.717) is 16.5 Å². The molecular weight excluding hydrogens is 250 g/mol. The van der Waals surface area contributed by atoms with Crippen LogP contribution < -0.4 is 5.32 Å². The van der Waals surface area contributed by atoms with Crippen molar-refractivity contribution in [2.75, 3.05) is 19.0 Å². The highest BCUT2D eigenvalue weighted by Crippen LogP contribution is 2.22. The van der Waals surface area contributed by atoms with Crippen LogP contribution in [0.15, 0.2) is 18.2 Å².